The maximum Gasteiger partial charge on any atom is 0.254 e. The summed E-state index contributed by atoms with van der Waals surface area (Å²) in [5.74, 6) is 0.0457. The van der Waals surface area contributed by atoms with Crippen LogP contribution < -0.4 is 5.73 Å². The molecule has 4 nitrogen and oxygen atoms in total. The molecule has 0 saturated heterocycles. The summed E-state index contributed by atoms with van der Waals surface area (Å²) in [6.07, 6.45) is 2.53. The lowest BCUT2D eigenvalue weighted by atomic mass is 9.97. The first-order valence-electron chi connectivity index (χ1n) is 6.73. The number of nitrogen functional groups attached to an aromatic ring is 1. The standard InChI is InChI=1S/C16H17N3O/c1-11-9-13(5-7-18-11)16(20)19-8-6-12-3-2-4-15(17)14(12)10-19/h2-5,7,9H,6,8,10,17H2,1H3. The first kappa shape index (κ1) is 12.7. The lowest BCUT2D eigenvalue weighted by Gasteiger charge is -2.29. The molecule has 2 N–H and O–H groups in total. The minimum absolute atomic E-state index is 0.0457. The van der Waals surface area contributed by atoms with E-state index in [1.54, 1.807) is 12.3 Å². The van der Waals surface area contributed by atoms with Gasteiger partial charge < -0.3 is 10.6 Å². The first-order valence-corrected chi connectivity index (χ1v) is 6.73. The molecule has 1 aromatic heterocycles. The Morgan fingerprint density at radius 2 is 2.20 bits per heavy atom. The first-order chi connectivity index (χ1) is 9.65. The van der Waals surface area contributed by atoms with E-state index in [9.17, 15) is 4.79 Å². The molecule has 0 spiro atoms. The molecule has 0 atom stereocenters. The van der Waals surface area contributed by atoms with Crippen LogP contribution in [0.2, 0.25) is 0 Å². The number of carbonyl (C=O) groups is 1. The fourth-order valence-electron chi connectivity index (χ4n) is 2.64. The van der Waals surface area contributed by atoms with Gasteiger partial charge in [0.05, 0.1) is 0 Å². The van der Waals surface area contributed by atoms with Gasteiger partial charge in [0.1, 0.15) is 0 Å². The Labute approximate surface area is 118 Å². The summed E-state index contributed by atoms with van der Waals surface area (Å²) >= 11 is 0. The Hall–Kier alpha value is -2.36. The molecule has 0 fully saturated rings. The lowest BCUT2D eigenvalue weighted by molar-refractivity contribution is 0.0735. The SMILES string of the molecule is Cc1cc(C(=O)N2CCc3cccc(N)c3C2)ccn1. The summed E-state index contributed by atoms with van der Waals surface area (Å²) in [6, 6.07) is 9.54. The molecular formula is C16H17N3O. The van der Waals surface area contributed by atoms with Gasteiger partial charge in [0.25, 0.3) is 5.91 Å². The van der Waals surface area contributed by atoms with Crippen LogP contribution >= 0.6 is 0 Å². The van der Waals surface area contributed by atoms with Crippen molar-refractivity contribution in [2.75, 3.05) is 12.3 Å². The van der Waals surface area contributed by atoms with Crippen molar-refractivity contribution in [3.05, 3.63) is 58.9 Å². The van der Waals surface area contributed by atoms with Crippen molar-refractivity contribution in [1.29, 1.82) is 0 Å². The van der Waals surface area contributed by atoms with E-state index in [-0.39, 0.29) is 5.91 Å². The average molecular weight is 267 g/mol. The van der Waals surface area contributed by atoms with Gasteiger partial charge in [-0.25, -0.2) is 0 Å². The normalized spacial score (nSPS) is 13.9. The molecule has 0 unspecified atom stereocenters. The van der Waals surface area contributed by atoms with Crippen molar-refractivity contribution in [2.24, 2.45) is 0 Å². The predicted molar refractivity (Wildman–Crippen MR) is 78.3 cm³/mol. The van der Waals surface area contributed by atoms with Crippen LogP contribution in [0, 0.1) is 6.92 Å². The topological polar surface area (TPSA) is 59.2 Å². The molecule has 102 valence electrons. The number of anilines is 1. The predicted octanol–water partition coefficient (Wildman–Crippen LogP) is 2.17. The van der Waals surface area contributed by atoms with Gasteiger partial charge in [0.2, 0.25) is 0 Å². The van der Waals surface area contributed by atoms with E-state index in [4.69, 9.17) is 5.73 Å². The zero-order valence-electron chi connectivity index (χ0n) is 11.5. The van der Waals surface area contributed by atoms with Crippen molar-refractivity contribution < 1.29 is 4.79 Å². The van der Waals surface area contributed by atoms with E-state index in [1.807, 2.05) is 30.0 Å². The molecule has 0 radical (unpaired) electrons. The summed E-state index contributed by atoms with van der Waals surface area (Å²) in [5.41, 5.74) is 10.7. The number of carbonyl (C=O) groups excluding carboxylic acids is 1. The highest BCUT2D eigenvalue weighted by Gasteiger charge is 2.23. The number of nitrogens with two attached hydrogens (primary N) is 1. The fourth-order valence-corrected chi connectivity index (χ4v) is 2.64. The highest BCUT2D eigenvalue weighted by atomic mass is 16.2. The summed E-state index contributed by atoms with van der Waals surface area (Å²) in [6.45, 7) is 3.21. The number of pyridine rings is 1. The van der Waals surface area contributed by atoms with Gasteiger partial charge in [-0.3, -0.25) is 9.78 Å². The number of rotatable bonds is 1. The summed E-state index contributed by atoms with van der Waals surface area (Å²) in [5, 5.41) is 0. The zero-order valence-corrected chi connectivity index (χ0v) is 11.5. The van der Waals surface area contributed by atoms with E-state index >= 15 is 0 Å². The van der Waals surface area contributed by atoms with Crippen LogP contribution in [0.4, 0.5) is 5.69 Å². The van der Waals surface area contributed by atoms with Crippen LogP contribution in [0.1, 0.15) is 27.2 Å². The zero-order chi connectivity index (χ0) is 14.1. The number of nitrogens with zero attached hydrogens (tertiary/aromatic N) is 2. The Morgan fingerprint density at radius 1 is 1.35 bits per heavy atom. The lowest BCUT2D eigenvalue weighted by Crippen LogP contribution is -2.36. The number of amides is 1. The quantitative estimate of drug-likeness (QED) is 0.806. The third-order valence-electron chi connectivity index (χ3n) is 3.74. The van der Waals surface area contributed by atoms with Gasteiger partial charge >= 0.3 is 0 Å². The number of fused-ring (bicyclic) bond motifs is 1. The van der Waals surface area contributed by atoms with Gasteiger partial charge in [-0.05, 0) is 42.7 Å². The van der Waals surface area contributed by atoms with Crippen LogP contribution in [-0.4, -0.2) is 22.3 Å². The second kappa shape index (κ2) is 4.96. The monoisotopic (exact) mass is 267 g/mol. The van der Waals surface area contributed by atoms with Crippen LogP contribution in [0.3, 0.4) is 0 Å². The number of hydrogen-bond donors (Lipinski definition) is 1. The van der Waals surface area contributed by atoms with E-state index in [2.05, 4.69) is 11.1 Å². The van der Waals surface area contributed by atoms with Crippen LogP contribution in [0.5, 0.6) is 0 Å². The number of benzene rings is 1. The molecule has 1 aromatic carbocycles. The molecule has 3 rings (SSSR count). The van der Waals surface area contributed by atoms with Crippen LogP contribution in [-0.2, 0) is 13.0 Å². The number of aryl methyl sites for hydroxylation is 1. The number of aromatic nitrogens is 1. The molecule has 0 saturated carbocycles. The molecule has 4 heteroatoms. The second-order valence-corrected chi connectivity index (χ2v) is 5.15. The molecule has 1 aliphatic rings. The van der Waals surface area contributed by atoms with Gasteiger partial charge in [-0.2, -0.15) is 0 Å². The van der Waals surface area contributed by atoms with E-state index < -0.39 is 0 Å². The third kappa shape index (κ3) is 2.25. The van der Waals surface area contributed by atoms with Crippen molar-refractivity contribution in [2.45, 2.75) is 19.9 Å². The molecule has 1 aliphatic heterocycles. The largest absolute Gasteiger partial charge is 0.398 e. The van der Waals surface area contributed by atoms with Crippen molar-refractivity contribution in [1.82, 2.24) is 9.88 Å². The highest BCUT2D eigenvalue weighted by Crippen LogP contribution is 2.25. The van der Waals surface area contributed by atoms with E-state index in [1.165, 1.54) is 5.56 Å². The van der Waals surface area contributed by atoms with Crippen LogP contribution in [0.15, 0.2) is 36.5 Å². The average Bonchev–Trinajstić information content (AvgIpc) is 2.47. The summed E-state index contributed by atoms with van der Waals surface area (Å²) in [7, 11) is 0. The van der Waals surface area contributed by atoms with Crippen molar-refractivity contribution >= 4 is 11.6 Å². The van der Waals surface area contributed by atoms with E-state index in [0.717, 1.165) is 29.9 Å². The van der Waals surface area contributed by atoms with Gasteiger partial charge in [-0.1, -0.05) is 12.1 Å². The third-order valence-corrected chi connectivity index (χ3v) is 3.74. The highest BCUT2D eigenvalue weighted by molar-refractivity contribution is 5.94. The summed E-state index contributed by atoms with van der Waals surface area (Å²) < 4.78 is 0. The Bertz CT molecular complexity index is 667. The Kier molecular flexibility index (Phi) is 3.14. The van der Waals surface area contributed by atoms with Crippen molar-refractivity contribution in [3.63, 3.8) is 0 Å². The molecule has 0 bridgehead atoms. The van der Waals surface area contributed by atoms with Gasteiger partial charge in [0, 0.05) is 36.2 Å². The maximum absolute atomic E-state index is 12.5. The van der Waals surface area contributed by atoms with Gasteiger partial charge in [0.15, 0.2) is 0 Å². The molecule has 2 heterocycles. The fraction of sp³-hybridized carbons (Fsp3) is 0.250. The minimum Gasteiger partial charge on any atom is -0.398 e. The molecule has 20 heavy (non-hydrogen) atoms. The van der Waals surface area contributed by atoms with Gasteiger partial charge in [-0.15, -0.1) is 0 Å². The molecule has 2 aromatic rings. The Balaban J connectivity index is 1.87. The summed E-state index contributed by atoms with van der Waals surface area (Å²) in [4.78, 5) is 18.5. The molecular weight excluding hydrogens is 250 g/mol. The molecule has 1 amide bonds. The smallest absolute Gasteiger partial charge is 0.254 e. The van der Waals surface area contributed by atoms with Crippen LogP contribution in [0.25, 0.3) is 0 Å². The Morgan fingerprint density at radius 3 is 3.00 bits per heavy atom. The number of hydrogen-bond acceptors (Lipinski definition) is 3. The second-order valence-electron chi connectivity index (χ2n) is 5.15. The van der Waals surface area contributed by atoms with Crippen molar-refractivity contribution in [3.8, 4) is 0 Å². The minimum atomic E-state index is 0.0457. The van der Waals surface area contributed by atoms with E-state index in [0.29, 0.717) is 12.1 Å². The molecule has 0 aliphatic carbocycles. The maximum atomic E-state index is 12.5.